The van der Waals surface area contributed by atoms with Crippen molar-refractivity contribution in [2.45, 2.75) is 133 Å². The summed E-state index contributed by atoms with van der Waals surface area (Å²) < 4.78 is 5.58. The number of ketones is 1. The molecule has 0 bridgehead atoms. The van der Waals surface area contributed by atoms with Crippen molar-refractivity contribution in [3.05, 3.63) is 0 Å². The van der Waals surface area contributed by atoms with Crippen molar-refractivity contribution in [2.24, 2.45) is 0 Å². The van der Waals surface area contributed by atoms with E-state index in [4.69, 9.17) is 9.84 Å². The summed E-state index contributed by atoms with van der Waals surface area (Å²) in [4.78, 5) is 9.90. The van der Waals surface area contributed by atoms with Gasteiger partial charge in [0.2, 0.25) is 0 Å². The highest BCUT2D eigenvalue weighted by molar-refractivity contribution is 5.83. The van der Waals surface area contributed by atoms with Gasteiger partial charge in [-0.2, -0.15) is 0 Å². The average Bonchev–Trinajstić information content (AvgIpc) is 3.21. The number of rotatable bonds is 3. The topological polar surface area (TPSA) is 87.0 Å². The number of hydrogen-bond donors (Lipinski definition) is 3. The molecule has 5 fully saturated rings. The summed E-state index contributed by atoms with van der Waals surface area (Å²) in [5.41, 5.74) is -0.558. The molecule has 0 aromatic rings. The number of terminal acetylenes is 1. The highest BCUT2D eigenvalue weighted by Gasteiger charge is 2.40. The Balaban J connectivity index is 0.000000215. The molecule has 0 atom stereocenters. The molecular formula is C28H46O5. The summed E-state index contributed by atoms with van der Waals surface area (Å²) >= 11 is 0. The van der Waals surface area contributed by atoms with Gasteiger partial charge in [0.05, 0.1) is 11.2 Å². The molecule has 33 heavy (non-hydrogen) atoms. The summed E-state index contributed by atoms with van der Waals surface area (Å²) in [6.07, 6.45) is 21.6. The molecule has 3 N–H and O–H groups in total. The zero-order chi connectivity index (χ0) is 24.6. The molecule has 5 heteroatoms. The molecule has 1 heterocycles. The zero-order valence-corrected chi connectivity index (χ0v) is 21.0. The molecule has 5 nitrogen and oxygen atoms in total. The SMILES string of the molecule is C#CC.C1COC2(C1)CCC2.CC#CC1(O)CCC1.O=C1CCC1.OCCCC1(O)CCC1. The normalized spacial score (nSPS) is 23.5. The predicted molar refractivity (Wildman–Crippen MR) is 133 cm³/mol. The Kier molecular flexibility index (Phi) is 13.9. The average molecular weight is 463 g/mol. The molecule has 0 aromatic heterocycles. The van der Waals surface area contributed by atoms with Crippen LogP contribution in [-0.2, 0) is 9.53 Å². The largest absolute Gasteiger partial charge is 0.396 e. The van der Waals surface area contributed by atoms with Gasteiger partial charge in [-0.1, -0.05) is 5.92 Å². The smallest absolute Gasteiger partial charge is 0.132 e. The van der Waals surface area contributed by atoms with Crippen molar-refractivity contribution < 1.29 is 24.9 Å². The highest BCUT2D eigenvalue weighted by Crippen LogP contribution is 2.42. The van der Waals surface area contributed by atoms with E-state index in [1.54, 1.807) is 13.8 Å². The molecule has 1 saturated heterocycles. The van der Waals surface area contributed by atoms with E-state index in [0.717, 1.165) is 77.2 Å². The second-order valence-corrected chi connectivity index (χ2v) is 9.83. The first-order chi connectivity index (χ1) is 15.8. The Hall–Kier alpha value is -1.37. The lowest BCUT2D eigenvalue weighted by Gasteiger charge is -2.36. The van der Waals surface area contributed by atoms with Gasteiger partial charge in [0.15, 0.2) is 0 Å². The molecule has 188 valence electrons. The van der Waals surface area contributed by atoms with Gasteiger partial charge in [0.1, 0.15) is 11.4 Å². The molecule has 0 radical (unpaired) electrons. The van der Waals surface area contributed by atoms with Crippen LogP contribution in [0.15, 0.2) is 0 Å². The third-order valence-electron chi connectivity index (χ3n) is 6.98. The Bertz CT molecular complexity index is 640. The third kappa shape index (κ3) is 11.5. The summed E-state index contributed by atoms with van der Waals surface area (Å²) in [5.74, 6) is 8.16. The molecular weight excluding hydrogens is 416 g/mol. The van der Waals surface area contributed by atoms with Crippen LogP contribution < -0.4 is 0 Å². The van der Waals surface area contributed by atoms with Crippen molar-refractivity contribution >= 4 is 5.78 Å². The maximum atomic E-state index is 9.90. The first kappa shape index (κ1) is 29.7. The number of ether oxygens (including phenoxy) is 1. The van der Waals surface area contributed by atoms with Gasteiger partial charge in [0.25, 0.3) is 0 Å². The Morgan fingerprint density at radius 2 is 1.42 bits per heavy atom. The highest BCUT2D eigenvalue weighted by atomic mass is 16.5. The minimum absolute atomic E-state index is 0.211. The van der Waals surface area contributed by atoms with Crippen molar-refractivity contribution in [2.75, 3.05) is 13.2 Å². The summed E-state index contributed by atoms with van der Waals surface area (Å²) in [7, 11) is 0. The quantitative estimate of drug-likeness (QED) is 0.529. The molecule has 1 aliphatic heterocycles. The van der Waals surface area contributed by atoms with Gasteiger partial charge in [-0.15, -0.1) is 18.3 Å². The van der Waals surface area contributed by atoms with E-state index in [2.05, 4.69) is 24.2 Å². The van der Waals surface area contributed by atoms with Crippen LogP contribution in [0.2, 0.25) is 0 Å². The van der Waals surface area contributed by atoms with Crippen LogP contribution in [0.4, 0.5) is 0 Å². The molecule has 0 aromatic carbocycles. The summed E-state index contributed by atoms with van der Waals surface area (Å²) in [6.45, 7) is 4.65. The van der Waals surface area contributed by atoms with E-state index in [1.807, 2.05) is 0 Å². The van der Waals surface area contributed by atoms with Gasteiger partial charge in [0, 0.05) is 26.1 Å². The lowest BCUT2D eigenvalue weighted by atomic mass is 9.77. The molecule has 0 unspecified atom stereocenters. The van der Waals surface area contributed by atoms with E-state index < -0.39 is 5.60 Å². The molecule has 1 spiro atoms. The number of carbonyl (C=O) groups excluding carboxylic acids is 1. The monoisotopic (exact) mass is 462 g/mol. The van der Waals surface area contributed by atoms with E-state index in [9.17, 15) is 15.0 Å². The number of aliphatic hydroxyl groups is 3. The summed E-state index contributed by atoms with van der Waals surface area (Å²) in [5, 5.41) is 27.1. The van der Waals surface area contributed by atoms with Crippen LogP contribution in [0.3, 0.4) is 0 Å². The van der Waals surface area contributed by atoms with Crippen molar-refractivity contribution in [3.8, 4) is 24.2 Å². The fourth-order valence-corrected chi connectivity index (χ4v) is 4.15. The Morgan fingerprint density at radius 1 is 0.909 bits per heavy atom. The molecule has 4 aliphatic carbocycles. The zero-order valence-electron chi connectivity index (χ0n) is 21.0. The van der Waals surface area contributed by atoms with E-state index in [-0.39, 0.29) is 12.2 Å². The van der Waals surface area contributed by atoms with E-state index >= 15 is 0 Å². The van der Waals surface area contributed by atoms with Crippen molar-refractivity contribution in [1.82, 2.24) is 0 Å². The summed E-state index contributed by atoms with van der Waals surface area (Å²) in [6, 6.07) is 0. The van der Waals surface area contributed by atoms with Crippen molar-refractivity contribution in [1.29, 1.82) is 0 Å². The Morgan fingerprint density at radius 3 is 1.61 bits per heavy atom. The van der Waals surface area contributed by atoms with E-state index in [0.29, 0.717) is 11.4 Å². The Labute approximate surface area is 201 Å². The fraction of sp³-hybridized carbons (Fsp3) is 0.821. The lowest BCUT2D eigenvalue weighted by molar-refractivity contribution is -0.123. The van der Waals surface area contributed by atoms with Gasteiger partial charge >= 0.3 is 0 Å². The first-order valence-corrected chi connectivity index (χ1v) is 12.8. The molecule has 5 rings (SSSR count). The van der Waals surface area contributed by atoms with Crippen molar-refractivity contribution in [3.63, 3.8) is 0 Å². The number of Topliss-reactive ketones (excluding diaryl/α,β-unsaturated/α-hetero) is 1. The van der Waals surface area contributed by atoms with Crippen LogP contribution in [0.1, 0.15) is 117 Å². The predicted octanol–water partition coefficient (Wildman–Crippen LogP) is 4.70. The van der Waals surface area contributed by atoms with Crippen LogP contribution >= 0.6 is 0 Å². The maximum absolute atomic E-state index is 9.90. The first-order valence-electron chi connectivity index (χ1n) is 12.8. The maximum Gasteiger partial charge on any atom is 0.132 e. The number of hydrogen-bond acceptors (Lipinski definition) is 5. The third-order valence-corrected chi connectivity index (χ3v) is 6.98. The van der Waals surface area contributed by atoms with Crippen LogP contribution in [0.25, 0.3) is 0 Å². The van der Waals surface area contributed by atoms with Gasteiger partial charge in [-0.05, 0) is 104 Å². The van der Waals surface area contributed by atoms with Crippen LogP contribution in [-0.4, -0.2) is 51.1 Å². The standard InChI is InChI=1S/C7H14O2.C7H12O.C7H10O.C4H6O.C3H4/c8-6-2-5-7(9)3-1-4-7;1-3-7(4-1)5-2-6-8-7;1-2-4-7(8)5-3-6-7;5-4-2-1-3-4;1-3-2/h8-9H,1-6H2;1-6H2;8H,3,5-6H2,1H3;1-3H2;1H,2H3. The molecule has 5 aliphatic rings. The van der Waals surface area contributed by atoms with E-state index in [1.165, 1.54) is 32.1 Å². The number of carbonyl (C=O) groups is 1. The van der Waals surface area contributed by atoms with Crippen LogP contribution in [0, 0.1) is 24.2 Å². The lowest BCUT2D eigenvalue weighted by Crippen LogP contribution is -2.36. The molecule has 4 saturated carbocycles. The van der Waals surface area contributed by atoms with Gasteiger partial charge in [-0.3, -0.25) is 4.79 Å². The van der Waals surface area contributed by atoms with Crippen LogP contribution in [0.5, 0.6) is 0 Å². The second-order valence-electron chi connectivity index (χ2n) is 9.83. The minimum Gasteiger partial charge on any atom is -0.396 e. The van der Waals surface area contributed by atoms with Gasteiger partial charge in [-0.25, -0.2) is 0 Å². The second kappa shape index (κ2) is 15.5. The van der Waals surface area contributed by atoms with Gasteiger partial charge < -0.3 is 20.1 Å². The number of aliphatic hydroxyl groups excluding tert-OH is 1. The fourth-order valence-electron chi connectivity index (χ4n) is 4.15. The molecule has 0 amide bonds. The minimum atomic E-state index is -0.589.